The van der Waals surface area contributed by atoms with Crippen LogP contribution in [0.25, 0.3) is 11.1 Å². The van der Waals surface area contributed by atoms with Crippen LogP contribution in [-0.2, 0) is 0 Å². The third-order valence-corrected chi connectivity index (χ3v) is 4.27. The highest BCUT2D eigenvalue weighted by atomic mass is 79.9. The van der Waals surface area contributed by atoms with E-state index >= 15 is 0 Å². The zero-order chi connectivity index (χ0) is 15.6. The van der Waals surface area contributed by atoms with E-state index in [0.29, 0.717) is 27.8 Å². The van der Waals surface area contributed by atoms with E-state index in [-0.39, 0.29) is 16.1 Å². The highest BCUT2D eigenvalue weighted by Crippen LogP contribution is 2.39. The molecule has 110 valence electrons. The number of hydrogen-bond acceptors (Lipinski definition) is 3. The number of aldehydes is 1. The summed E-state index contributed by atoms with van der Waals surface area (Å²) >= 11 is 9.05. The van der Waals surface area contributed by atoms with E-state index in [0.717, 1.165) is 0 Å². The fourth-order valence-corrected chi connectivity index (χ4v) is 2.43. The van der Waals surface area contributed by atoms with Gasteiger partial charge in [-0.25, -0.2) is 4.39 Å². The second kappa shape index (κ2) is 6.45. The maximum atomic E-state index is 14.3. The SMILES string of the molecule is COc1cc(C=O)c(-c2ccc(Br)c(Cl)c2F)cc1OC. The first kappa shape index (κ1) is 15.8. The minimum atomic E-state index is -0.610. The van der Waals surface area contributed by atoms with Crippen molar-refractivity contribution in [2.75, 3.05) is 14.2 Å². The van der Waals surface area contributed by atoms with Gasteiger partial charge in [-0.1, -0.05) is 17.7 Å². The summed E-state index contributed by atoms with van der Waals surface area (Å²) in [7, 11) is 2.93. The molecule has 2 aromatic rings. The van der Waals surface area contributed by atoms with Crippen LogP contribution in [0, 0.1) is 5.82 Å². The Morgan fingerprint density at radius 2 is 1.76 bits per heavy atom. The quantitative estimate of drug-likeness (QED) is 0.574. The Morgan fingerprint density at radius 3 is 2.33 bits per heavy atom. The summed E-state index contributed by atoms with van der Waals surface area (Å²) in [6.07, 6.45) is 0.632. The number of ether oxygens (including phenoxy) is 2. The molecule has 0 aromatic heterocycles. The lowest BCUT2D eigenvalue weighted by Crippen LogP contribution is -1.97. The van der Waals surface area contributed by atoms with Gasteiger partial charge in [-0.15, -0.1) is 0 Å². The van der Waals surface area contributed by atoms with Crippen LogP contribution in [0.1, 0.15) is 10.4 Å². The zero-order valence-corrected chi connectivity index (χ0v) is 13.6. The first-order chi connectivity index (χ1) is 10.0. The first-order valence-corrected chi connectivity index (χ1v) is 7.05. The molecule has 0 saturated carbocycles. The topological polar surface area (TPSA) is 35.5 Å². The minimum absolute atomic E-state index is 0.0425. The Balaban J connectivity index is 2.74. The molecule has 21 heavy (non-hydrogen) atoms. The number of carbonyl (C=O) groups is 1. The van der Waals surface area contributed by atoms with Crippen LogP contribution >= 0.6 is 27.5 Å². The van der Waals surface area contributed by atoms with E-state index in [2.05, 4.69) is 15.9 Å². The van der Waals surface area contributed by atoms with Crippen LogP contribution in [0.2, 0.25) is 5.02 Å². The average Bonchev–Trinajstić information content (AvgIpc) is 2.51. The van der Waals surface area contributed by atoms with Gasteiger partial charge in [0.15, 0.2) is 23.6 Å². The molecule has 2 rings (SSSR count). The predicted molar refractivity (Wildman–Crippen MR) is 83.0 cm³/mol. The van der Waals surface area contributed by atoms with Gasteiger partial charge in [0.2, 0.25) is 0 Å². The molecule has 2 aromatic carbocycles. The number of benzene rings is 2. The molecule has 0 heterocycles. The number of hydrogen-bond donors (Lipinski definition) is 0. The second-order valence-electron chi connectivity index (χ2n) is 4.14. The summed E-state index contributed by atoms with van der Waals surface area (Å²) in [5, 5.41) is -0.0425. The lowest BCUT2D eigenvalue weighted by atomic mass is 9.99. The van der Waals surface area contributed by atoms with Crippen molar-refractivity contribution in [3.05, 3.63) is 45.1 Å². The van der Waals surface area contributed by atoms with Crippen LogP contribution in [0.4, 0.5) is 4.39 Å². The van der Waals surface area contributed by atoms with Gasteiger partial charge in [-0.05, 0) is 39.7 Å². The molecule has 0 atom stereocenters. The van der Waals surface area contributed by atoms with Crippen molar-refractivity contribution in [1.29, 1.82) is 0 Å². The monoisotopic (exact) mass is 372 g/mol. The largest absolute Gasteiger partial charge is 0.493 e. The first-order valence-electron chi connectivity index (χ1n) is 5.88. The van der Waals surface area contributed by atoms with Gasteiger partial charge in [0.25, 0.3) is 0 Å². The van der Waals surface area contributed by atoms with Gasteiger partial charge in [0, 0.05) is 15.6 Å². The van der Waals surface area contributed by atoms with Crippen LogP contribution in [0.15, 0.2) is 28.7 Å². The lowest BCUT2D eigenvalue weighted by Gasteiger charge is -2.13. The Bertz CT molecular complexity index is 704. The summed E-state index contributed by atoms with van der Waals surface area (Å²) in [4.78, 5) is 11.3. The molecule has 6 heteroatoms. The normalized spacial score (nSPS) is 10.3. The molecule has 0 radical (unpaired) electrons. The van der Waals surface area contributed by atoms with E-state index in [1.54, 1.807) is 18.2 Å². The van der Waals surface area contributed by atoms with Crippen LogP contribution in [-0.4, -0.2) is 20.5 Å². The molecule has 0 fully saturated rings. The molecular weight excluding hydrogens is 363 g/mol. The van der Waals surface area contributed by atoms with Crippen molar-refractivity contribution in [1.82, 2.24) is 0 Å². The van der Waals surface area contributed by atoms with Crippen molar-refractivity contribution in [2.24, 2.45) is 0 Å². The van der Waals surface area contributed by atoms with Gasteiger partial charge in [0.1, 0.15) is 0 Å². The highest BCUT2D eigenvalue weighted by molar-refractivity contribution is 9.10. The fraction of sp³-hybridized carbons (Fsp3) is 0.133. The number of methoxy groups -OCH3 is 2. The van der Waals surface area contributed by atoms with Crippen LogP contribution in [0.5, 0.6) is 11.5 Å². The van der Waals surface area contributed by atoms with E-state index in [4.69, 9.17) is 21.1 Å². The average molecular weight is 374 g/mol. The lowest BCUT2D eigenvalue weighted by molar-refractivity contribution is 0.112. The maximum Gasteiger partial charge on any atom is 0.161 e. The van der Waals surface area contributed by atoms with Gasteiger partial charge < -0.3 is 9.47 Å². The predicted octanol–water partition coefficient (Wildman–Crippen LogP) is 4.74. The summed E-state index contributed by atoms with van der Waals surface area (Å²) in [6, 6.07) is 6.20. The molecule has 0 amide bonds. The summed E-state index contributed by atoms with van der Waals surface area (Å²) in [5.41, 5.74) is 0.880. The van der Waals surface area contributed by atoms with E-state index in [1.807, 2.05) is 0 Å². The Morgan fingerprint density at radius 1 is 1.14 bits per heavy atom. The van der Waals surface area contributed by atoms with Gasteiger partial charge in [-0.2, -0.15) is 0 Å². The fourth-order valence-electron chi connectivity index (χ4n) is 1.96. The van der Waals surface area contributed by atoms with E-state index in [9.17, 15) is 9.18 Å². The van der Waals surface area contributed by atoms with Crippen molar-refractivity contribution >= 4 is 33.8 Å². The molecule has 3 nitrogen and oxygen atoms in total. The molecule has 0 N–H and O–H groups in total. The molecule has 0 unspecified atom stereocenters. The van der Waals surface area contributed by atoms with Gasteiger partial charge in [0.05, 0.1) is 19.2 Å². The summed E-state index contributed by atoms with van der Waals surface area (Å²) < 4.78 is 25.1. The van der Waals surface area contributed by atoms with E-state index in [1.165, 1.54) is 20.3 Å². The van der Waals surface area contributed by atoms with Gasteiger partial charge in [-0.3, -0.25) is 4.79 Å². The smallest absolute Gasteiger partial charge is 0.161 e. The van der Waals surface area contributed by atoms with Crippen molar-refractivity contribution in [2.45, 2.75) is 0 Å². The third-order valence-electron chi connectivity index (χ3n) is 3.01. The molecule has 0 saturated heterocycles. The molecule has 0 aliphatic carbocycles. The Hall–Kier alpha value is -1.59. The van der Waals surface area contributed by atoms with Gasteiger partial charge >= 0.3 is 0 Å². The highest BCUT2D eigenvalue weighted by Gasteiger charge is 2.17. The molecule has 0 aliphatic heterocycles. The molecule has 0 spiro atoms. The molecule has 0 bridgehead atoms. The zero-order valence-electron chi connectivity index (χ0n) is 11.2. The third kappa shape index (κ3) is 2.89. The number of rotatable bonds is 4. The standard InChI is InChI=1S/C15H11BrClFO3/c1-20-12-5-8(7-19)10(6-13(12)21-2)9-3-4-11(16)14(17)15(9)18/h3-7H,1-2H3. The van der Waals surface area contributed by atoms with Crippen molar-refractivity contribution < 1.29 is 18.7 Å². The maximum absolute atomic E-state index is 14.3. The van der Waals surface area contributed by atoms with E-state index < -0.39 is 5.82 Å². The van der Waals surface area contributed by atoms with Crippen LogP contribution < -0.4 is 9.47 Å². The summed E-state index contributed by atoms with van der Waals surface area (Å²) in [6.45, 7) is 0. The van der Waals surface area contributed by atoms with Crippen LogP contribution in [0.3, 0.4) is 0 Å². The van der Waals surface area contributed by atoms with Crippen molar-refractivity contribution in [3.63, 3.8) is 0 Å². The van der Waals surface area contributed by atoms with Crippen molar-refractivity contribution in [3.8, 4) is 22.6 Å². The summed E-state index contributed by atoms with van der Waals surface area (Å²) in [5.74, 6) is 0.185. The Kier molecular flexibility index (Phi) is 4.85. The molecular formula is C15H11BrClFO3. The number of halogens is 3. The number of carbonyl (C=O) groups excluding carboxylic acids is 1. The second-order valence-corrected chi connectivity index (χ2v) is 5.37. The Labute approximate surface area is 134 Å². The molecule has 0 aliphatic rings. The minimum Gasteiger partial charge on any atom is -0.493 e.